The summed E-state index contributed by atoms with van der Waals surface area (Å²) in [5.41, 5.74) is 4.47. The van der Waals surface area contributed by atoms with E-state index in [2.05, 4.69) is 19.2 Å². The number of hydrogen-bond donors (Lipinski definition) is 1. The second kappa shape index (κ2) is 5.08. The molecule has 0 aliphatic heterocycles. The third-order valence-electron chi connectivity index (χ3n) is 2.96. The zero-order valence-corrected chi connectivity index (χ0v) is 9.98. The first-order valence-corrected chi connectivity index (χ1v) is 5.32. The highest BCUT2D eigenvalue weighted by Crippen LogP contribution is 2.18. The Kier molecular flexibility index (Phi) is 4.04. The largest absolute Gasteiger partial charge is 0.319 e. The molecule has 82 valence electrons. The number of nitrogens with one attached hydrogen (secondary N) is 1. The predicted molar refractivity (Wildman–Crippen MR) is 63.5 cm³/mol. The lowest BCUT2D eigenvalue weighted by molar-refractivity contribution is 0.0982. The van der Waals surface area contributed by atoms with Crippen LogP contribution in [0.1, 0.15) is 33.5 Å². The number of carbonyl (C=O) groups excluding carboxylic acids is 1. The molecule has 0 amide bonds. The Balaban J connectivity index is 2.95. The van der Waals surface area contributed by atoms with Crippen LogP contribution in [0, 0.1) is 20.8 Å². The molecule has 0 aliphatic carbocycles. The van der Waals surface area contributed by atoms with Crippen LogP contribution in [-0.4, -0.2) is 19.4 Å². The van der Waals surface area contributed by atoms with Crippen molar-refractivity contribution >= 4 is 5.78 Å². The van der Waals surface area contributed by atoms with Crippen molar-refractivity contribution in [2.45, 2.75) is 27.2 Å². The number of rotatable bonds is 4. The zero-order chi connectivity index (χ0) is 11.4. The molecule has 0 saturated heterocycles. The first-order valence-electron chi connectivity index (χ1n) is 5.32. The van der Waals surface area contributed by atoms with Gasteiger partial charge in [0.25, 0.3) is 0 Å². The molecule has 2 heteroatoms. The van der Waals surface area contributed by atoms with E-state index in [-0.39, 0.29) is 5.78 Å². The monoisotopic (exact) mass is 205 g/mol. The van der Waals surface area contributed by atoms with Gasteiger partial charge in [-0.05, 0) is 44.5 Å². The number of Topliss-reactive ketones (excluding diaryl/α,β-unsaturated/α-hetero) is 1. The van der Waals surface area contributed by atoms with Gasteiger partial charge in [0, 0.05) is 18.5 Å². The number of aryl methyl sites for hydroxylation is 1. The average molecular weight is 205 g/mol. The van der Waals surface area contributed by atoms with Gasteiger partial charge >= 0.3 is 0 Å². The van der Waals surface area contributed by atoms with E-state index in [0.29, 0.717) is 6.42 Å². The summed E-state index contributed by atoms with van der Waals surface area (Å²) in [7, 11) is 1.86. The van der Waals surface area contributed by atoms with E-state index in [1.165, 1.54) is 11.1 Å². The lowest BCUT2D eigenvalue weighted by Crippen LogP contribution is -2.14. The van der Waals surface area contributed by atoms with Crippen LogP contribution in [0.15, 0.2) is 12.1 Å². The Bertz CT molecular complexity index is 369. The summed E-state index contributed by atoms with van der Waals surface area (Å²) >= 11 is 0. The lowest BCUT2D eigenvalue weighted by atomic mass is 9.95. The maximum atomic E-state index is 11.8. The van der Waals surface area contributed by atoms with E-state index in [0.717, 1.165) is 17.7 Å². The van der Waals surface area contributed by atoms with Crippen molar-refractivity contribution in [2.75, 3.05) is 13.6 Å². The summed E-state index contributed by atoms with van der Waals surface area (Å²) in [4.78, 5) is 11.8. The minimum atomic E-state index is 0.227. The van der Waals surface area contributed by atoms with Gasteiger partial charge in [-0.2, -0.15) is 0 Å². The molecule has 0 saturated carbocycles. The van der Waals surface area contributed by atoms with E-state index in [1.54, 1.807) is 0 Å². The Hall–Kier alpha value is -1.15. The van der Waals surface area contributed by atoms with Gasteiger partial charge < -0.3 is 5.32 Å². The van der Waals surface area contributed by atoms with Crippen LogP contribution in [0.5, 0.6) is 0 Å². The van der Waals surface area contributed by atoms with Crippen LogP contribution < -0.4 is 5.32 Å². The molecule has 0 radical (unpaired) electrons. The third-order valence-corrected chi connectivity index (χ3v) is 2.96. The van der Waals surface area contributed by atoms with Crippen molar-refractivity contribution in [2.24, 2.45) is 0 Å². The van der Waals surface area contributed by atoms with Crippen LogP contribution in [0.2, 0.25) is 0 Å². The molecule has 0 aliphatic rings. The minimum absolute atomic E-state index is 0.227. The summed E-state index contributed by atoms with van der Waals surface area (Å²) < 4.78 is 0. The molecule has 0 aromatic heterocycles. The third kappa shape index (κ3) is 2.66. The summed E-state index contributed by atoms with van der Waals surface area (Å²) in [5, 5.41) is 2.99. The van der Waals surface area contributed by atoms with E-state index < -0.39 is 0 Å². The molecule has 0 bridgehead atoms. The maximum Gasteiger partial charge on any atom is 0.164 e. The number of benzene rings is 1. The molecule has 1 aromatic carbocycles. The Morgan fingerprint density at radius 2 is 1.87 bits per heavy atom. The molecule has 0 heterocycles. The quantitative estimate of drug-likeness (QED) is 0.765. The van der Waals surface area contributed by atoms with Gasteiger partial charge in [-0.25, -0.2) is 0 Å². The number of carbonyl (C=O) groups is 1. The van der Waals surface area contributed by atoms with Gasteiger partial charge in [0.1, 0.15) is 0 Å². The van der Waals surface area contributed by atoms with E-state index in [1.807, 2.05) is 26.1 Å². The van der Waals surface area contributed by atoms with Crippen LogP contribution in [0.4, 0.5) is 0 Å². The molecule has 1 aromatic rings. The van der Waals surface area contributed by atoms with Crippen molar-refractivity contribution in [3.63, 3.8) is 0 Å². The van der Waals surface area contributed by atoms with Gasteiger partial charge in [-0.3, -0.25) is 4.79 Å². The fraction of sp³-hybridized carbons (Fsp3) is 0.462. The molecule has 0 unspecified atom stereocenters. The molecule has 0 spiro atoms. The molecule has 1 N–H and O–H groups in total. The van der Waals surface area contributed by atoms with Crippen LogP contribution in [-0.2, 0) is 0 Å². The highest BCUT2D eigenvalue weighted by atomic mass is 16.1. The Morgan fingerprint density at radius 3 is 2.47 bits per heavy atom. The van der Waals surface area contributed by atoms with Crippen molar-refractivity contribution < 1.29 is 4.79 Å². The van der Waals surface area contributed by atoms with Crippen LogP contribution in [0.25, 0.3) is 0 Å². The van der Waals surface area contributed by atoms with E-state index in [9.17, 15) is 4.79 Å². The summed E-state index contributed by atoms with van der Waals surface area (Å²) in [6.07, 6.45) is 0.569. The fourth-order valence-corrected chi connectivity index (χ4v) is 1.63. The zero-order valence-electron chi connectivity index (χ0n) is 9.98. The number of ketones is 1. The van der Waals surface area contributed by atoms with Gasteiger partial charge in [0.05, 0.1) is 0 Å². The van der Waals surface area contributed by atoms with Gasteiger partial charge in [-0.15, -0.1) is 0 Å². The Labute approximate surface area is 91.7 Å². The summed E-state index contributed by atoms with van der Waals surface area (Å²) in [6, 6.07) is 3.96. The molecule has 2 nitrogen and oxygen atoms in total. The van der Waals surface area contributed by atoms with Crippen molar-refractivity contribution in [3.05, 3.63) is 34.4 Å². The Morgan fingerprint density at radius 1 is 1.20 bits per heavy atom. The van der Waals surface area contributed by atoms with Gasteiger partial charge in [0.15, 0.2) is 5.78 Å². The first-order chi connectivity index (χ1) is 7.07. The topological polar surface area (TPSA) is 29.1 Å². The van der Waals surface area contributed by atoms with Crippen molar-refractivity contribution in [1.29, 1.82) is 0 Å². The molecule has 1 rings (SSSR count). The van der Waals surface area contributed by atoms with E-state index in [4.69, 9.17) is 0 Å². The SMILES string of the molecule is CNCCC(=O)c1ccc(C)c(C)c1C. The smallest absolute Gasteiger partial charge is 0.164 e. The van der Waals surface area contributed by atoms with Crippen molar-refractivity contribution in [1.82, 2.24) is 5.32 Å². The van der Waals surface area contributed by atoms with Gasteiger partial charge in [-0.1, -0.05) is 12.1 Å². The summed E-state index contributed by atoms with van der Waals surface area (Å²) in [6.45, 7) is 6.91. The first kappa shape index (κ1) is 11.9. The van der Waals surface area contributed by atoms with E-state index >= 15 is 0 Å². The normalized spacial score (nSPS) is 10.4. The lowest BCUT2D eigenvalue weighted by Gasteiger charge is -2.10. The predicted octanol–water partition coefficient (Wildman–Crippen LogP) is 2.40. The highest BCUT2D eigenvalue weighted by molar-refractivity contribution is 5.97. The standard InChI is InChI=1S/C13H19NO/c1-9-5-6-12(11(3)10(9)2)13(15)7-8-14-4/h5-6,14H,7-8H2,1-4H3. The second-order valence-corrected chi connectivity index (χ2v) is 3.96. The van der Waals surface area contributed by atoms with Crippen LogP contribution in [0.3, 0.4) is 0 Å². The van der Waals surface area contributed by atoms with Crippen molar-refractivity contribution in [3.8, 4) is 0 Å². The summed E-state index contributed by atoms with van der Waals surface area (Å²) in [5.74, 6) is 0.227. The maximum absolute atomic E-state index is 11.8. The minimum Gasteiger partial charge on any atom is -0.319 e. The molecular formula is C13H19NO. The molecule has 0 fully saturated rings. The fourth-order valence-electron chi connectivity index (χ4n) is 1.63. The highest BCUT2D eigenvalue weighted by Gasteiger charge is 2.10. The second-order valence-electron chi connectivity index (χ2n) is 3.96. The molecule has 0 atom stereocenters. The average Bonchev–Trinajstić information content (AvgIpc) is 2.23. The molecule has 15 heavy (non-hydrogen) atoms. The molecular weight excluding hydrogens is 186 g/mol. The number of hydrogen-bond acceptors (Lipinski definition) is 2. The van der Waals surface area contributed by atoms with Crippen LogP contribution >= 0.6 is 0 Å². The van der Waals surface area contributed by atoms with Gasteiger partial charge in [0.2, 0.25) is 0 Å².